The second-order valence-corrected chi connectivity index (χ2v) is 6.42. The van der Waals surface area contributed by atoms with Crippen LogP contribution in [0.4, 0.5) is 5.82 Å². The molecule has 0 spiro atoms. The third-order valence-electron chi connectivity index (χ3n) is 4.85. The number of aryl methyl sites for hydroxylation is 1. The van der Waals surface area contributed by atoms with Gasteiger partial charge in [0.1, 0.15) is 12.1 Å². The van der Waals surface area contributed by atoms with Gasteiger partial charge in [0.05, 0.1) is 6.10 Å². The third kappa shape index (κ3) is 3.71. The fraction of sp³-hybridized carbons (Fsp3) is 0.750. The minimum absolute atomic E-state index is 0.118. The monoisotopic (exact) mass is 290 g/mol. The van der Waals surface area contributed by atoms with Crippen LogP contribution >= 0.6 is 0 Å². The first kappa shape index (κ1) is 14.7. The summed E-state index contributed by atoms with van der Waals surface area (Å²) < 4.78 is 0. The van der Waals surface area contributed by atoms with Crippen LogP contribution in [0.2, 0.25) is 0 Å². The summed E-state index contributed by atoms with van der Waals surface area (Å²) in [6.07, 6.45) is 8.31. The average molecular weight is 290 g/mol. The Bertz CT molecular complexity index is 459. The molecule has 0 bridgehead atoms. The van der Waals surface area contributed by atoms with E-state index in [1.165, 1.54) is 12.8 Å². The van der Waals surface area contributed by atoms with Gasteiger partial charge in [-0.3, -0.25) is 4.90 Å². The molecule has 2 fully saturated rings. The first-order valence-corrected chi connectivity index (χ1v) is 8.19. The van der Waals surface area contributed by atoms with Gasteiger partial charge in [0, 0.05) is 36.9 Å². The van der Waals surface area contributed by atoms with Crippen LogP contribution in [-0.4, -0.2) is 51.3 Å². The molecular formula is C16H26N4O. The molecule has 2 heterocycles. The van der Waals surface area contributed by atoms with Gasteiger partial charge < -0.3 is 10.4 Å². The molecule has 5 nitrogen and oxygen atoms in total. The van der Waals surface area contributed by atoms with Crippen molar-refractivity contribution in [3.8, 4) is 0 Å². The summed E-state index contributed by atoms with van der Waals surface area (Å²) in [5.74, 6) is 0.929. The summed E-state index contributed by atoms with van der Waals surface area (Å²) in [4.78, 5) is 10.9. The normalized spacial score (nSPS) is 28.5. The summed E-state index contributed by atoms with van der Waals surface area (Å²) in [6, 6.07) is 2.87. The summed E-state index contributed by atoms with van der Waals surface area (Å²) >= 11 is 0. The molecule has 2 N–H and O–H groups in total. The van der Waals surface area contributed by atoms with Crippen molar-refractivity contribution < 1.29 is 5.11 Å². The second kappa shape index (κ2) is 6.71. The minimum Gasteiger partial charge on any atom is -0.391 e. The number of rotatable bonds is 3. The highest BCUT2D eigenvalue weighted by atomic mass is 16.3. The fourth-order valence-electron chi connectivity index (χ4n) is 3.64. The van der Waals surface area contributed by atoms with Crippen LogP contribution in [-0.2, 0) is 0 Å². The van der Waals surface area contributed by atoms with E-state index in [0.717, 1.165) is 50.3 Å². The van der Waals surface area contributed by atoms with E-state index in [4.69, 9.17) is 0 Å². The predicted octanol–water partition coefficient (Wildman–Crippen LogP) is 1.96. The third-order valence-corrected chi connectivity index (χ3v) is 4.85. The average Bonchev–Trinajstić information content (AvgIpc) is 2.49. The number of aliphatic hydroxyl groups is 1. The van der Waals surface area contributed by atoms with Gasteiger partial charge in [-0.2, -0.15) is 0 Å². The molecule has 5 heteroatoms. The van der Waals surface area contributed by atoms with Crippen molar-refractivity contribution in [1.82, 2.24) is 14.9 Å². The highest BCUT2D eigenvalue weighted by molar-refractivity contribution is 5.35. The Balaban J connectivity index is 1.50. The Labute approximate surface area is 126 Å². The molecule has 116 valence electrons. The summed E-state index contributed by atoms with van der Waals surface area (Å²) in [5, 5.41) is 13.7. The molecule has 0 radical (unpaired) electrons. The van der Waals surface area contributed by atoms with Crippen LogP contribution < -0.4 is 5.32 Å². The molecule has 3 rings (SSSR count). The standard InChI is InChI=1S/C16H26N4O/c1-12-10-16(18-11-17-12)19-13-6-8-20(9-7-13)14-4-2-3-5-15(14)21/h10-11,13-15,21H,2-9H2,1H3,(H,17,18,19). The molecule has 2 atom stereocenters. The molecular weight excluding hydrogens is 264 g/mol. The van der Waals surface area contributed by atoms with Crippen molar-refractivity contribution in [3.63, 3.8) is 0 Å². The van der Waals surface area contributed by atoms with Crippen LogP contribution in [0.25, 0.3) is 0 Å². The maximum absolute atomic E-state index is 10.2. The van der Waals surface area contributed by atoms with Gasteiger partial charge in [-0.15, -0.1) is 0 Å². The van der Waals surface area contributed by atoms with Crippen molar-refractivity contribution in [3.05, 3.63) is 18.1 Å². The van der Waals surface area contributed by atoms with E-state index in [2.05, 4.69) is 20.2 Å². The van der Waals surface area contributed by atoms with Gasteiger partial charge in [0.15, 0.2) is 0 Å². The molecule has 1 aliphatic carbocycles. The number of nitrogens with zero attached hydrogens (tertiary/aromatic N) is 3. The molecule has 1 aliphatic heterocycles. The van der Waals surface area contributed by atoms with Crippen LogP contribution in [0, 0.1) is 6.92 Å². The number of likely N-dealkylation sites (tertiary alicyclic amines) is 1. The number of nitrogens with one attached hydrogen (secondary N) is 1. The zero-order valence-electron chi connectivity index (χ0n) is 12.8. The zero-order valence-corrected chi connectivity index (χ0v) is 12.8. The second-order valence-electron chi connectivity index (χ2n) is 6.42. The minimum atomic E-state index is -0.118. The largest absolute Gasteiger partial charge is 0.391 e. The van der Waals surface area contributed by atoms with E-state index in [1.807, 2.05) is 13.0 Å². The molecule has 1 aromatic rings. The van der Waals surface area contributed by atoms with Gasteiger partial charge in [0.25, 0.3) is 0 Å². The van der Waals surface area contributed by atoms with Crippen LogP contribution in [0.1, 0.15) is 44.2 Å². The highest BCUT2D eigenvalue weighted by Gasteiger charge is 2.31. The predicted molar refractivity (Wildman–Crippen MR) is 83.2 cm³/mol. The van der Waals surface area contributed by atoms with Crippen molar-refractivity contribution >= 4 is 5.82 Å². The van der Waals surface area contributed by atoms with Crippen molar-refractivity contribution in [2.45, 2.75) is 63.6 Å². The van der Waals surface area contributed by atoms with Crippen molar-refractivity contribution in [1.29, 1.82) is 0 Å². The van der Waals surface area contributed by atoms with E-state index in [-0.39, 0.29) is 6.10 Å². The Hall–Kier alpha value is -1.20. The Kier molecular flexibility index (Phi) is 4.70. The van der Waals surface area contributed by atoms with Crippen LogP contribution in [0.15, 0.2) is 12.4 Å². The first-order valence-electron chi connectivity index (χ1n) is 8.19. The van der Waals surface area contributed by atoms with Crippen molar-refractivity contribution in [2.75, 3.05) is 18.4 Å². The van der Waals surface area contributed by atoms with E-state index in [9.17, 15) is 5.11 Å². The lowest BCUT2D eigenvalue weighted by Gasteiger charge is -2.41. The highest BCUT2D eigenvalue weighted by Crippen LogP contribution is 2.26. The number of hydrogen-bond donors (Lipinski definition) is 2. The van der Waals surface area contributed by atoms with Crippen molar-refractivity contribution in [2.24, 2.45) is 0 Å². The van der Waals surface area contributed by atoms with E-state index in [0.29, 0.717) is 12.1 Å². The number of aromatic nitrogens is 2. The van der Waals surface area contributed by atoms with Gasteiger partial charge in [-0.05, 0) is 32.6 Å². The lowest BCUT2D eigenvalue weighted by Crippen LogP contribution is -2.50. The molecule has 0 aromatic carbocycles. The summed E-state index contributed by atoms with van der Waals surface area (Å²) in [7, 11) is 0. The van der Waals surface area contributed by atoms with Crippen LogP contribution in [0.5, 0.6) is 0 Å². The topological polar surface area (TPSA) is 61.3 Å². The zero-order chi connectivity index (χ0) is 14.7. The maximum atomic E-state index is 10.2. The molecule has 1 aromatic heterocycles. The Morgan fingerprint density at radius 2 is 1.90 bits per heavy atom. The summed E-state index contributed by atoms with van der Waals surface area (Å²) in [5.41, 5.74) is 0.996. The molecule has 2 unspecified atom stereocenters. The first-order chi connectivity index (χ1) is 10.2. The van der Waals surface area contributed by atoms with Crippen LogP contribution in [0.3, 0.4) is 0 Å². The lowest BCUT2D eigenvalue weighted by molar-refractivity contribution is 0.00992. The van der Waals surface area contributed by atoms with E-state index >= 15 is 0 Å². The SMILES string of the molecule is Cc1cc(NC2CCN(C3CCCCC3O)CC2)ncn1. The fourth-order valence-corrected chi connectivity index (χ4v) is 3.64. The lowest BCUT2D eigenvalue weighted by atomic mass is 9.89. The van der Waals surface area contributed by atoms with Gasteiger partial charge >= 0.3 is 0 Å². The summed E-state index contributed by atoms with van der Waals surface area (Å²) in [6.45, 7) is 4.13. The molecule has 1 saturated carbocycles. The Morgan fingerprint density at radius 3 is 2.62 bits per heavy atom. The van der Waals surface area contributed by atoms with Gasteiger partial charge in [-0.1, -0.05) is 12.8 Å². The number of anilines is 1. The molecule has 21 heavy (non-hydrogen) atoms. The maximum Gasteiger partial charge on any atom is 0.129 e. The number of hydrogen-bond acceptors (Lipinski definition) is 5. The molecule has 1 saturated heterocycles. The Morgan fingerprint density at radius 1 is 1.14 bits per heavy atom. The molecule has 2 aliphatic rings. The van der Waals surface area contributed by atoms with E-state index < -0.39 is 0 Å². The molecule has 0 amide bonds. The number of aliphatic hydroxyl groups excluding tert-OH is 1. The smallest absolute Gasteiger partial charge is 0.129 e. The number of piperidine rings is 1. The van der Waals surface area contributed by atoms with Gasteiger partial charge in [0.2, 0.25) is 0 Å². The van der Waals surface area contributed by atoms with E-state index in [1.54, 1.807) is 6.33 Å². The van der Waals surface area contributed by atoms with Gasteiger partial charge in [-0.25, -0.2) is 9.97 Å². The quantitative estimate of drug-likeness (QED) is 0.891.